The first kappa shape index (κ1) is 18.0. The Bertz CT molecular complexity index is 1310. The molecule has 0 spiro atoms. The van der Waals surface area contributed by atoms with Gasteiger partial charge in [0.05, 0.1) is 9.46 Å². The number of hydrogen-bond donors (Lipinski definition) is 0. The number of nitro groups is 1. The fraction of sp³-hybridized carbons (Fsp3) is 0. The van der Waals surface area contributed by atoms with Gasteiger partial charge in [0.25, 0.3) is 11.2 Å². The normalized spacial score (nSPS) is 12.2. The van der Waals surface area contributed by atoms with Crippen LogP contribution in [0.3, 0.4) is 0 Å². The third-order valence-electron chi connectivity index (χ3n) is 3.89. The van der Waals surface area contributed by atoms with E-state index in [1.807, 2.05) is 18.2 Å². The van der Waals surface area contributed by atoms with Crippen LogP contribution in [0.5, 0.6) is 0 Å². The third kappa shape index (κ3) is 3.68. The van der Waals surface area contributed by atoms with Crippen LogP contribution < -0.4 is 10.1 Å². The second-order valence-corrected chi connectivity index (χ2v) is 7.26. The van der Waals surface area contributed by atoms with E-state index < -0.39 is 4.92 Å². The van der Waals surface area contributed by atoms with Gasteiger partial charge in [0.1, 0.15) is 0 Å². The quantitative estimate of drug-likeness (QED) is 0.379. The lowest BCUT2D eigenvalue weighted by atomic mass is 10.2. The van der Waals surface area contributed by atoms with Crippen LogP contribution in [0.15, 0.2) is 53.3 Å². The number of rotatable bonds is 4. The van der Waals surface area contributed by atoms with Gasteiger partial charge < -0.3 is 0 Å². The topological polar surface area (TPSA) is 90.4 Å². The molecule has 0 N–H and O–H groups in total. The maximum atomic E-state index is 12.5. The summed E-state index contributed by atoms with van der Waals surface area (Å²) < 4.78 is 1.71. The van der Waals surface area contributed by atoms with E-state index in [0.717, 1.165) is 5.56 Å². The van der Waals surface area contributed by atoms with Crippen LogP contribution >= 0.6 is 22.9 Å². The zero-order chi connectivity index (χ0) is 19.7. The zero-order valence-corrected chi connectivity index (χ0v) is 15.7. The largest absolute Gasteiger partial charge is 0.291 e. The maximum Gasteiger partial charge on any atom is 0.291 e. The van der Waals surface area contributed by atoms with Crippen molar-refractivity contribution in [1.29, 1.82) is 0 Å². The Labute approximate surface area is 167 Å². The summed E-state index contributed by atoms with van der Waals surface area (Å²) in [5.41, 5.74) is 1.35. The van der Waals surface area contributed by atoms with Crippen molar-refractivity contribution in [2.45, 2.75) is 0 Å². The number of aromatic nitrogens is 3. The van der Waals surface area contributed by atoms with Gasteiger partial charge in [-0.15, -0.1) is 5.10 Å². The molecule has 2 aromatic carbocycles. The van der Waals surface area contributed by atoms with Crippen LogP contribution in [0, 0.1) is 10.1 Å². The third-order valence-corrected chi connectivity index (χ3v) is 5.11. The molecule has 28 heavy (non-hydrogen) atoms. The molecule has 0 saturated heterocycles. The molecule has 4 rings (SSSR count). The first-order valence-corrected chi connectivity index (χ1v) is 9.28. The number of halogens is 1. The SMILES string of the molecule is O=c1/c(=C\c2ccc([N+](=O)[O-])cc2)sc2nc(/C=C/c3ccc(Cl)cc3)nn12. The van der Waals surface area contributed by atoms with Crippen molar-refractivity contribution in [2.75, 3.05) is 0 Å². The lowest BCUT2D eigenvalue weighted by Crippen LogP contribution is -2.23. The molecule has 0 aliphatic heterocycles. The van der Waals surface area contributed by atoms with E-state index in [2.05, 4.69) is 10.1 Å². The molecular weight excluding hydrogens is 400 g/mol. The Kier molecular flexibility index (Phi) is 4.72. The van der Waals surface area contributed by atoms with Gasteiger partial charge in [0, 0.05) is 17.2 Å². The molecule has 9 heteroatoms. The summed E-state index contributed by atoms with van der Waals surface area (Å²) in [6, 6.07) is 13.3. The lowest BCUT2D eigenvalue weighted by Gasteiger charge is -1.92. The predicted molar refractivity (Wildman–Crippen MR) is 109 cm³/mol. The van der Waals surface area contributed by atoms with Crippen molar-refractivity contribution in [2.24, 2.45) is 0 Å². The minimum Gasteiger partial charge on any atom is -0.266 e. The van der Waals surface area contributed by atoms with Crippen molar-refractivity contribution >= 4 is 51.8 Å². The Morgan fingerprint density at radius 1 is 1.04 bits per heavy atom. The van der Waals surface area contributed by atoms with Gasteiger partial charge in [0.2, 0.25) is 4.96 Å². The van der Waals surface area contributed by atoms with Crippen LogP contribution in [0.1, 0.15) is 17.0 Å². The first-order valence-electron chi connectivity index (χ1n) is 8.09. The zero-order valence-electron chi connectivity index (χ0n) is 14.2. The minimum atomic E-state index is -0.467. The summed E-state index contributed by atoms with van der Waals surface area (Å²) in [7, 11) is 0. The van der Waals surface area contributed by atoms with E-state index in [9.17, 15) is 14.9 Å². The molecule has 7 nitrogen and oxygen atoms in total. The highest BCUT2D eigenvalue weighted by Gasteiger charge is 2.09. The molecule has 0 fully saturated rings. The van der Waals surface area contributed by atoms with Crippen LogP contribution in [0.2, 0.25) is 5.02 Å². The van der Waals surface area contributed by atoms with E-state index in [-0.39, 0.29) is 11.2 Å². The van der Waals surface area contributed by atoms with Gasteiger partial charge in [0.15, 0.2) is 5.82 Å². The Morgan fingerprint density at radius 3 is 2.36 bits per heavy atom. The molecule has 0 bridgehead atoms. The summed E-state index contributed by atoms with van der Waals surface area (Å²) in [6.07, 6.45) is 5.22. The second kappa shape index (κ2) is 7.34. The van der Waals surface area contributed by atoms with Gasteiger partial charge in [-0.3, -0.25) is 14.9 Å². The van der Waals surface area contributed by atoms with Crippen molar-refractivity contribution in [3.05, 3.63) is 95.5 Å². The van der Waals surface area contributed by atoms with Crippen molar-refractivity contribution < 1.29 is 4.92 Å². The van der Waals surface area contributed by atoms with Crippen LogP contribution in [0.4, 0.5) is 5.69 Å². The molecule has 0 amide bonds. The minimum absolute atomic E-state index is 0.000683. The van der Waals surface area contributed by atoms with Crippen molar-refractivity contribution in [3.63, 3.8) is 0 Å². The highest BCUT2D eigenvalue weighted by atomic mass is 35.5. The fourth-order valence-electron chi connectivity index (χ4n) is 2.51. The molecule has 2 heterocycles. The summed E-state index contributed by atoms with van der Waals surface area (Å²) in [5.74, 6) is 0.431. The average Bonchev–Trinajstić information content (AvgIpc) is 3.21. The number of nitro benzene ring substituents is 1. The summed E-state index contributed by atoms with van der Waals surface area (Å²) >= 11 is 7.07. The summed E-state index contributed by atoms with van der Waals surface area (Å²) in [4.78, 5) is 27.6. The number of non-ortho nitro benzene ring substituents is 1. The van der Waals surface area contributed by atoms with Crippen LogP contribution in [-0.4, -0.2) is 19.5 Å². The molecule has 0 saturated carbocycles. The van der Waals surface area contributed by atoms with E-state index in [4.69, 9.17) is 11.6 Å². The monoisotopic (exact) mass is 410 g/mol. The molecule has 0 atom stereocenters. The number of benzene rings is 2. The number of fused-ring (bicyclic) bond motifs is 1. The van der Waals surface area contributed by atoms with E-state index >= 15 is 0 Å². The highest BCUT2D eigenvalue weighted by Crippen LogP contribution is 2.14. The first-order chi connectivity index (χ1) is 13.5. The summed E-state index contributed by atoms with van der Waals surface area (Å²) in [6.45, 7) is 0. The Balaban J connectivity index is 1.63. The molecule has 0 radical (unpaired) electrons. The second-order valence-electron chi connectivity index (χ2n) is 5.81. The van der Waals surface area contributed by atoms with Gasteiger partial charge in [-0.2, -0.15) is 9.50 Å². The molecule has 0 aliphatic carbocycles. The molecule has 4 aromatic rings. The van der Waals surface area contributed by atoms with Gasteiger partial charge in [-0.1, -0.05) is 41.1 Å². The molecule has 0 unspecified atom stereocenters. The van der Waals surface area contributed by atoms with E-state index in [1.165, 1.54) is 28.0 Å². The average molecular weight is 411 g/mol. The molecule has 138 valence electrons. The maximum absolute atomic E-state index is 12.5. The number of hydrogen-bond acceptors (Lipinski definition) is 6. The van der Waals surface area contributed by atoms with Crippen LogP contribution in [-0.2, 0) is 0 Å². The standard InChI is InChI=1S/C19H11ClN4O3S/c20-14-6-1-12(2-7-14)5-10-17-21-19-23(22-17)18(25)16(28-19)11-13-3-8-15(9-4-13)24(26)27/h1-11H/b10-5+,16-11+. The number of nitrogens with zero attached hydrogens (tertiary/aromatic N) is 4. The lowest BCUT2D eigenvalue weighted by molar-refractivity contribution is -0.384. The fourth-order valence-corrected chi connectivity index (χ4v) is 3.55. The smallest absolute Gasteiger partial charge is 0.266 e. The predicted octanol–water partition coefficient (Wildman–Crippen LogP) is 3.43. The van der Waals surface area contributed by atoms with E-state index in [1.54, 1.807) is 36.4 Å². The molecule has 2 aromatic heterocycles. The number of thiazole rings is 1. The summed E-state index contributed by atoms with van der Waals surface area (Å²) in [5, 5.41) is 15.6. The molecular formula is C19H11ClN4O3S. The van der Waals surface area contributed by atoms with Crippen molar-refractivity contribution in [1.82, 2.24) is 14.6 Å². The van der Waals surface area contributed by atoms with Crippen molar-refractivity contribution in [3.8, 4) is 0 Å². The van der Waals surface area contributed by atoms with Gasteiger partial charge in [-0.05, 0) is 47.5 Å². The Morgan fingerprint density at radius 2 is 1.71 bits per heavy atom. The Hall–Kier alpha value is -3.36. The highest BCUT2D eigenvalue weighted by molar-refractivity contribution is 7.15. The van der Waals surface area contributed by atoms with Gasteiger partial charge in [-0.25, -0.2) is 0 Å². The molecule has 0 aliphatic rings. The van der Waals surface area contributed by atoms with Crippen LogP contribution in [0.25, 0.3) is 23.2 Å². The van der Waals surface area contributed by atoms with Gasteiger partial charge >= 0.3 is 0 Å². The van der Waals surface area contributed by atoms with E-state index in [0.29, 0.717) is 25.9 Å².